The maximum absolute atomic E-state index is 4.01. The van der Waals surface area contributed by atoms with E-state index in [1.807, 2.05) is 0 Å². The molecule has 19 heavy (non-hydrogen) atoms. The Hall–Kier alpha value is -0.0400. The molecule has 1 N–H and O–H groups in total. The molecule has 4 rings (SSSR count). The third-order valence-corrected chi connectivity index (χ3v) is 5.89. The van der Waals surface area contributed by atoms with E-state index in [1.165, 1.54) is 45.1 Å². The zero-order chi connectivity index (χ0) is 13.5. The van der Waals surface area contributed by atoms with Crippen molar-refractivity contribution in [3.8, 4) is 0 Å². The van der Waals surface area contributed by atoms with Gasteiger partial charge in [-0.2, -0.15) is 0 Å². The molecule has 4 aliphatic carbocycles. The zero-order valence-corrected chi connectivity index (χ0v) is 13.3. The Kier molecular flexibility index (Phi) is 3.71. The van der Waals surface area contributed by atoms with Crippen molar-refractivity contribution in [2.45, 2.75) is 84.1 Å². The minimum atomic E-state index is 0.515. The second kappa shape index (κ2) is 5.06. The topological polar surface area (TPSA) is 12.0 Å². The second-order valence-electron chi connectivity index (χ2n) is 9.14. The van der Waals surface area contributed by atoms with Crippen LogP contribution in [-0.4, -0.2) is 12.1 Å². The van der Waals surface area contributed by atoms with Crippen molar-refractivity contribution in [1.29, 1.82) is 0 Å². The molecule has 0 spiro atoms. The van der Waals surface area contributed by atoms with Crippen LogP contribution < -0.4 is 5.32 Å². The van der Waals surface area contributed by atoms with Gasteiger partial charge in [-0.25, -0.2) is 0 Å². The maximum atomic E-state index is 4.01. The van der Waals surface area contributed by atoms with Gasteiger partial charge in [0.15, 0.2) is 0 Å². The van der Waals surface area contributed by atoms with Crippen molar-refractivity contribution >= 4 is 0 Å². The van der Waals surface area contributed by atoms with E-state index in [9.17, 15) is 0 Å². The van der Waals surface area contributed by atoms with Gasteiger partial charge in [0.2, 0.25) is 0 Å². The Morgan fingerprint density at radius 1 is 0.895 bits per heavy atom. The molecule has 110 valence electrons. The van der Waals surface area contributed by atoms with Crippen LogP contribution in [0.3, 0.4) is 0 Å². The minimum absolute atomic E-state index is 0.515. The molecule has 0 aromatic heterocycles. The van der Waals surface area contributed by atoms with E-state index in [-0.39, 0.29) is 0 Å². The predicted molar refractivity (Wildman–Crippen MR) is 82.2 cm³/mol. The quantitative estimate of drug-likeness (QED) is 0.705. The molecule has 0 aromatic carbocycles. The fourth-order valence-electron chi connectivity index (χ4n) is 5.46. The summed E-state index contributed by atoms with van der Waals surface area (Å²) >= 11 is 0. The van der Waals surface area contributed by atoms with E-state index in [4.69, 9.17) is 0 Å². The SMILES string of the molecule is CC(C)(C)CCCCNC12CC3CC(CC(C3)C1)C2. The average Bonchev–Trinajstić information content (AvgIpc) is 2.24. The monoisotopic (exact) mass is 263 g/mol. The van der Waals surface area contributed by atoms with Gasteiger partial charge in [-0.1, -0.05) is 27.2 Å². The highest BCUT2D eigenvalue weighted by atomic mass is 15.0. The Morgan fingerprint density at radius 2 is 1.42 bits per heavy atom. The molecule has 4 saturated carbocycles. The maximum Gasteiger partial charge on any atom is 0.0189 e. The van der Waals surface area contributed by atoms with Gasteiger partial charge in [-0.3, -0.25) is 0 Å². The van der Waals surface area contributed by atoms with Crippen LogP contribution >= 0.6 is 0 Å². The molecular formula is C18H33N. The average molecular weight is 263 g/mol. The summed E-state index contributed by atoms with van der Waals surface area (Å²) in [5.41, 5.74) is 1.09. The summed E-state index contributed by atoms with van der Waals surface area (Å²) in [4.78, 5) is 0. The van der Waals surface area contributed by atoms with Crippen LogP contribution in [-0.2, 0) is 0 Å². The lowest BCUT2D eigenvalue weighted by molar-refractivity contribution is -0.0196. The molecule has 0 saturated heterocycles. The van der Waals surface area contributed by atoms with Crippen LogP contribution in [0.25, 0.3) is 0 Å². The number of rotatable bonds is 5. The summed E-state index contributed by atoms with van der Waals surface area (Å²) < 4.78 is 0. The second-order valence-corrected chi connectivity index (χ2v) is 9.14. The first kappa shape index (κ1) is 13.9. The van der Waals surface area contributed by atoms with Crippen molar-refractivity contribution in [3.05, 3.63) is 0 Å². The van der Waals surface area contributed by atoms with Crippen molar-refractivity contribution in [3.63, 3.8) is 0 Å². The Balaban J connectivity index is 1.43. The van der Waals surface area contributed by atoms with Gasteiger partial charge in [-0.15, -0.1) is 0 Å². The van der Waals surface area contributed by atoms with Crippen molar-refractivity contribution in [2.24, 2.45) is 23.2 Å². The molecule has 0 amide bonds. The first-order valence-electron chi connectivity index (χ1n) is 8.69. The van der Waals surface area contributed by atoms with Gasteiger partial charge in [0.05, 0.1) is 0 Å². The van der Waals surface area contributed by atoms with Gasteiger partial charge < -0.3 is 5.32 Å². The van der Waals surface area contributed by atoms with Gasteiger partial charge in [0.25, 0.3) is 0 Å². The lowest BCUT2D eigenvalue weighted by Gasteiger charge is -2.57. The molecule has 4 bridgehead atoms. The summed E-state index contributed by atoms with van der Waals surface area (Å²) in [7, 11) is 0. The van der Waals surface area contributed by atoms with Crippen LogP contribution in [0.4, 0.5) is 0 Å². The largest absolute Gasteiger partial charge is 0.311 e. The Morgan fingerprint density at radius 3 is 1.89 bits per heavy atom. The molecular weight excluding hydrogens is 230 g/mol. The first-order valence-corrected chi connectivity index (χ1v) is 8.69. The lowest BCUT2D eigenvalue weighted by Crippen LogP contribution is -2.58. The molecule has 4 aliphatic rings. The smallest absolute Gasteiger partial charge is 0.0189 e. The molecule has 0 aliphatic heterocycles. The first-order chi connectivity index (χ1) is 8.94. The molecule has 0 atom stereocenters. The Bertz CT molecular complexity index is 277. The predicted octanol–water partition coefficient (Wildman–Crippen LogP) is 4.76. The molecule has 1 heteroatoms. The summed E-state index contributed by atoms with van der Waals surface area (Å²) in [5.74, 6) is 3.23. The molecule has 4 fully saturated rings. The summed E-state index contributed by atoms with van der Waals surface area (Å²) in [5, 5.41) is 4.01. The van der Waals surface area contributed by atoms with Crippen molar-refractivity contribution in [2.75, 3.05) is 6.54 Å². The number of hydrogen-bond donors (Lipinski definition) is 1. The van der Waals surface area contributed by atoms with E-state index >= 15 is 0 Å². The molecule has 0 aromatic rings. The van der Waals surface area contributed by atoms with Crippen LogP contribution in [0.2, 0.25) is 0 Å². The molecule has 0 unspecified atom stereocenters. The van der Waals surface area contributed by atoms with Crippen LogP contribution in [0, 0.1) is 23.2 Å². The van der Waals surface area contributed by atoms with Crippen LogP contribution in [0.1, 0.15) is 78.6 Å². The van der Waals surface area contributed by atoms with Crippen molar-refractivity contribution < 1.29 is 0 Å². The van der Waals surface area contributed by atoms with Gasteiger partial charge in [0, 0.05) is 5.54 Å². The summed E-state index contributed by atoms with van der Waals surface area (Å²) in [6, 6.07) is 0. The van der Waals surface area contributed by atoms with Crippen LogP contribution in [0.5, 0.6) is 0 Å². The van der Waals surface area contributed by atoms with Gasteiger partial charge in [-0.05, 0) is 81.1 Å². The third-order valence-electron chi connectivity index (χ3n) is 5.89. The van der Waals surface area contributed by atoms with E-state index < -0.39 is 0 Å². The highest BCUT2D eigenvalue weighted by molar-refractivity contribution is 5.06. The molecule has 1 nitrogen and oxygen atoms in total. The zero-order valence-electron chi connectivity index (χ0n) is 13.3. The van der Waals surface area contributed by atoms with E-state index in [1.54, 1.807) is 19.3 Å². The third kappa shape index (κ3) is 3.35. The van der Waals surface area contributed by atoms with Gasteiger partial charge >= 0.3 is 0 Å². The normalized spacial score (nSPS) is 40.9. The van der Waals surface area contributed by atoms with Crippen molar-refractivity contribution in [1.82, 2.24) is 5.32 Å². The summed E-state index contributed by atoms with van der Waals surface area (Å²) in [6.07, 6.45) is 13.3. The number of nitrogens with one attached hydrogen (secondary N) is 1. The summed E-state index contributed by atoms with van der Waals surface area (Å²) in [6.45, 7) is 8.35. The molecule has 0 heterocycles. The fraction of sp³-hybridized carbons (Fsp3) is 1.00. The Labute approximate surface area is 119 Å². The highest BCUT2D eigenvalue weighted by Crippen LogP contribution is 2.55. The van der Waals surface area contributed by atoms with E-state index in [2.05, 4.69) is 26.1 Å². The van der Waals surface area contributed by atoms with Gasteiger partial charge in [0.1, 0.15) is 0 Å². The standard InChI is InChI=1S/C18H33N/c1-17(2,3)6-4-5-7-19-18-11-14-8-15(12-18)10-16(9-14)13-18/h14-16,19H,4-13H2,1-3H3. The van der Waals surface area contributed by atoms with E-state index in [0.717, 1.165) is 17.8 Å². The number of unbranched alkanes of at least 4 members (excludes halogenated alkanes) is 1. The fourth-order valence-corrected chi connectivity index (χ4v) is 5.46. The number of hydrogen-bond acceptors (Lipinski definition) is 1. The molecule has 0 radical (unpaired) electrons. The van der Waals surface area contributed by atoms with Crippen LogP contribution in [0.15, 0.2) is 0 Å². The highest BCUT2D eigenvalue weighted by Gasteiger charge is 2.50. The van der Waals surface area contributed by atoms with E-state index in [0.29, 0.717) is 11.0 Å². The minimum Gasteiger partial charge on any atom is -0.311 e. The lowest BCUT2D eigenvalue weighted by atomic mass is 9.53.